The molecule has 0 unspecified atom stereocenters. The SMILES string of the molecule is Cc1cccc(NC[C@H](O)c2cccc(OC(F)F)c2)n1. The van der Waals surface area contributed by atoms with Crippen molar-refractivity contribution >= 4 is 5.82 Å². The molecule has 0 radical (unpaired) electrons. The lowest BCUT2D eigenvalue weighted by Crippen LogP contribution is -2.13. The zero-order valence-corrected chi connectivity index (χ0v) is 11.5. The average Bonchev–Trinajstić information content (AvgIpc) is 2.44. The molecule has 2 N–H and O–H groups in total. The third kappa shape index (κ3) is 4.68. The molecule has 6 heteroatoms. The van der Waals surface area contributed by atoms with Crippen LogP contribution in [0.15, 0.2) is 42.5 Å². The van der Waals surface area contributed by atoms with Crippen LogP contribution in [0.3, 0.4) is 0 Å². The first-order valence-corrected chi connectivity index (χ1v) is 6.45. The lowest BCUT2D eigenvalue weighted by molar-refractivity contribution is -0.0499. The van der Waals surface area contributed by atoms with Crippen LogP contribution in [0.4, 0.5) is 14.6 Å². The number of rotatable bonds is 6. The Morgan fingerprint density at radius 2 is 2.00 bits per heavy atom. The second-order valence-electron chi connectivity index (χ2n) is 4.51. The third-order valence-electron chi connectivity index (χ3n) is 2.83. The number of nitrogens with one attached hydrogen (secondary N) is 1. The molecule has 0 bridgehead atoms. The van der Waals surface area contributed by atoms with Crippen molar-refractivity contribution in [3.63, 3.8) is 0 Å². The van der Waals surface area contributed by atoms with Crippen LogP contribution in [-0.4, -0.2) is 23.2 Å². The summed E-state index contributed by atoms with van der Waals surface area (Å²) in [5.41, 5.74) is 1.36. The number of ether oxygens (including phenoxy) is 1. The molecule has 0 fully saturated rings. The van der Waals surface area contributed by atoms with E-state index < -0.39 is 12.7 Å². The number of anilines is 1. The Morgan fingerprint density at radius 3 is 2.71 bits per heavy atom. The smallest absolute Gasteiger partial charge is 0.387 e. The Bertz CT molecular complexity index is 593. The fourth-order valence-corrected chi connectivity index (χ4v) is 1.86. The van der Waals surface area contributed by atoms with E-state index in [0.717, 1.165) is 5.69 Å². The van der Waals surface area contributed by atoms with Gasteiger partial charge in [-0.1, -0.05) is 18.2 Å². The summed E-state index contributed by atoms with van der Waals surface area (Å²) >= 11 is 0. The Balaban J connectivity index is 1.98. The van der Waals surface area contributed by atoms with Crippen molar-refractivity contribution in [3.05, 3.63) is 53.7 Å². The maximum absolute atomic E-state index is 12.2. The first-order chi connectivity index (χ1) is 10.0. The molecule has 0 aliphatic rings. The predicted molar refractivity (Wildman–Crippen MR) is 75.5 cm³/mol. The van der Waals surface area contributed by atoms with Crippen molar-refractivity contribution in [2.45, 2.75) is 19.6 Å². The summed E-state index contributed by atoms with van der Waals surface area (Å²) in [4.78, 5) is 4.25. The van der Waals surface area contributed by atoms with Crippen molar-refractivity contribution in [2.24, 2.45) is 0 Å². The van der Waals surface area contributed by atoms with Crippen molar-refractivity contribution in [1.29, 1.82) is 0 Å². The number of hydrogen-bond acceptors (Lipinski definition) is 4. The van der Waals surface area contributed by atoms with Crippen LogP contribution in [0.2, 0.25) is 0 Å². The van der Waals surface area contributed by atoms with Crippen molar-refractivity contribution in [3.8, 4) is 5.75 Å². The van der Waals surface area contributed by atoms with Crippen molar-refractivity contribution in [2.75, 3.05) is 11.9 Å². The molecule has 0 aliphatic carbocycles. The minimum absolute atomic E-state index is 0.0234. The van der Waals surface area contributed by atoms with E-state index in [-0.39, 0.29) is 12.3 Å². The Hall–Kier alpha value is -2.21. The zero-order chi connectivity index (χ0) is 15.2. The minimum Gasteiger partial charge on any atom is -0.435 e. The molecule has 1 aromatic carbocycles. The number of aromatic nitrogens is 1. The topological polar surface area (TPSA) is 54.4 Å². The number of aliphatic hydroxyl groups excluding tert-OH is 1. The summed E-state index contributed by atoms with van der Waals surface area (Å²) in [6.07, 6.45) is -0.853. The third-order valence-corrected chi connectivity index (χ3v) is 2.83. The summed E-state index contributed by atoms with van der Waals surface area (Å²) < 4.78 is 28.6. The van der Waals surface area contributed by atoms with E-state index in [0.29, 0.717) is 11.4 Å². The monoisotopic (exact) mass is 294 g/mol. The van der Waals surface area contributed by atoms with Crippen LogP contribution in [0, 0.1) is 6.92 Å². The molecule has 1 atom stereocenters. The zero-order valence-electron chi connectivity index (χ0n) is 11.5. The van der Waals surface area contributed by atoms with Gasteiger partial charge in [-0.3, -0.25) is 0 Å². The van der Waals surface area contributed by atoms with Gasteiger partial charge in [0.1, 0.15) is 11.6 Å². The van der Waals surface area contributed by atoms with Gasteiger partial charge in [0.05, 0.1) is 6.10 Å². The van der Waals surface area contributed by atoms with E-state index in [2.05, 4.69) is 15.0 Å². The lowest BCUT2D eigenvalue weighted by atomic mass is 10.1. The first kappa shape index (κ1) is 15.2. The molecule has 0 saturated heterocycles. The summed E-state index contributed by atoms with van der Waals surface area (Å²) in [6, 6.07) is 11.5. The van der Waals surface area contributed by atoms with E-state index in [9.17, 15) is 13.9 Å². The quantitative estimate of drug-likeness (QED) is 0.859. The molecule has 21 heavy (non-hydrogen) atoms. The lowest BCUT2D eigenvalue weighted by Gasteiger charge is -2.14. The molecule has 1 aromatic heterocycles. The van der Waals surface area contributed by atoms with Crippen LogP contribution in [-0.2, 0) is 0 Å². The van der Waals surface area contributed by atoms with Crippen LogP contribution >= 0.6 is 0 Å². The Kier molecular flexibility index (Phi) is 5.05. The maximum Gasteiger partial charge on any atom is 0.387 e. The van der Waals surface area contributed by atoms with Crippen molar-refractivity contribution in [1.82, 2.24) is 4.98 Å². The van der Waals surface area contributed by atoms with Crippen LogP contribution in [0.5, 0.6) is 5.75 Å². The summed E-state index contributed by atoms with van der Waals surface area (Å²) in [5, 5.41) is 13.1. The summed E-state index contributed by atoms with van der Waals surface area (Å²) in [5.74, 6) is 0.671. The van der Waals surface area contributed by atoms with Gasteiger partial charge in [0, 0.05) is 12.2 Å². The summed E-state index contributed by atoms with van der Waals surface area (Å²) in [6.45, 7) is -0.798. The normalized spacial score (nSPS) is 12.2. The van der Waals surface area contributed by atoms with Gasteiger partial charge in [-0.05, 0) is 36.8 Å². The predicted octanol–water partition coefficient (Wildman–Crippen LogP) is 3.14. The highest BCUT2D eigenvalue weighted by Gasteiger charge is 2.10. The Morgan fingerprint density at radius 1 is 1.24 bits per heavy atom. The second kappa shape index (κ2) is 6.99. The highest BCUT2D eigenvalue weighted by molar-refractivity contribution is 5.36. The fourth-order valence-electron chi connectivity index (χ4n) is 1.86. The van der Waals surface area contributed by atoms with Gasteiger partial charge >= 0.3 is 6.61 Å². The van der Waals surface area contributed by atoms with Gasteiger partial charge in [0.2, 0.25) is 0 Å². The molecule has 0 saturated carbocycles. The molecule has 2 aromatic rings. The number of hydrogen-bond donors (Lipinski definition) is 2. The number of aryl methyl sites for hydroxylation is 1. The molecule has 0 spiro atoms. The van der Waals surface area contributed by atoms with E-state index in [4.69, 9.17) is 0 Å². The highest BCUT2D eigenvalue weighted by atomic mass is 19.3. The summed E-state index contributed by atoms with van der Waals surface area (Å²) in [7, 11) is 0. The van der Waals surface area contributed by atoms with Gasteiger partial charge in [-0.25, -0.2) is 4.98 Å². The standard InChI is InChI=1S/C15H16F2N2O2/c1-10-4-2-7-14(19-10)18-9-13(20)11-5-3-6-12(8-11)21-15(16)17/h2-8,13,15,20H,9H2,1H3,(H,18,19)/t13-/m0/s1. The molecular weight excluding hydrogens is 278 g/mol. The van der Waals surface area contributed by atoms with Gasteiger partial charge in [-0.2, -0.15) is 8.78 Å². The molecule has 2 rings (SSSR count). The van der Waals surface area contributed by atoms with Gasteiger partial charge in [0.15, 0.2) is 0 Å². The van der Waals surface area contributed by atoms with E-state index in [1.54, 1.807) is 18.2 Å². The molecule has 4 nitrogen and oxygen atoms in total. The van der Waals surface area contributed by atoms with Gasteiger partial charge < -0.3 is 15.2 Å². The first-order valence-electron chi connectivity index (χ1n) is 6.45. The number of aliphatic hydroxyl groups is 1. The van der Waals surface area contributed by atoms with E-state index in [1.807, 2.05) is 19.1 Å². The molecule has 0 amide bonds. The number of alkyl halides is 2. The minimum atomic E-state index is -2.88. The van der Waals surface area contributed by atoms with Gasteiger partial charge in [-0.15, -0.1) is 0 Å². The molecule has 112 valence electrons. The largest absolute Gasteiger partial charge is 0.435 e. The molecule has 0 aliphatic heterocycles. The van der Waals surface area contributed by atoms with Gasteiger partial charge in [0.25, 0.3) is 0 Å². The molecule has 1 heterocycles. The maximum atomic E-state index is 12.2. The van der Waals surface area contributed by atoms with Crippen LogP contribution < -0.4 is 10.1 Å². The van der Waals surface area contributed by atoms with Crippen LogP contribution in [0.25, 0.3) is 0 Å². The number of benzene rings is 1. The van der Waals surface area contributed by atoms with Crippen LogP contribution in [0.1, 0.15) is 17.4 Å². The van der Waals surface area contributed by atoms with Crippen molar-refractivity contribution < 1.29 is 18.6 Å². The van der Waals surface area contributed by atoms with E-state index >= 15 is 0 Å². The number of nitrogens with zero attached hydrogens (tertiary/aromatic N) is 1. The Labute approximate surface area is 121 Å². The highest BCUT2D eigenvalue weighted by Crippen LogP contribution is 2.21. The second-order valence-corrected chi connectivity index (χ2v) is 4.51. The van der Waals surface area contributed by atoms with E-state index in [1.165, 1.54) is 12.1 Å². The molecular formula is C15H16F2N2O2. The number of halogens is 2. The average molecular weight is 294 g/mol. The fraction of sp³-hybridized carbons (Fsp3) is 0.267. The number of pyridine rings is 1.